The standard InChI is InChI=1S/C26H29F4N3O4/c1-14(2)22(32-23(34)19-13-17(26(28,29)30)6-9-20(19)27)24(35)33-11-10-15(3)12-21(33)31-18-7-4-16(5-8-18)25(36)37/h4-9,13-15,21-22,31H,10-12H2,1-3H3,(H,32,34)(H,36,37)/t15?,21-,22?/m1/s1. The molecule has 2 amide bonds. The van der Waals surface area contributed by atoms with Crippen molar-refractivity contribution in [3.8, 4) is 0 Å². The van der Waals surface area contributed by atoms with Crippen molar-refractivity contribution in [2.45, 2.75) is 52.0 Å². The second-order valence-electron chi connectivity index (χ2n) is 9.59. The van der Waals surface area contributed by atoms with E-state index >= 15 is 0 Å². The summed E-state index contributed by atoms with van der Waals surface area (Å²) in [5.74, 6) is -3.94. The Morgan fingerprint density at radius 3 is 2.30 bits per heavy atom. The van der Waals surface area contributed by atoms with Gasteiger partial charge < -0.3 is 20.6 Å². The van der Waals surface area contributed by atoms with Crippen LogP contribution in [0, 0.1) is 17.7 Å². The molecule has 1 fully saturated rings. The van der Waals surface area contributed by atoms with E-state index in [1.165, 1.54) is 12.1 Å². The van der Waals surface area contributed by atoms with E-state index in [4.69, 9.17) is 5.11 Å². The van der Waals surface area contributed by atoms with E-state index in [1.54, 1.807) is 30.9 Å². The largest absolute Gasteiger partial charge is 0.478 e. The molecule has 0 spiro atoms. The number of carbonyl (C=O) groups excluding carboxylic acids is 2. The Morgan fingerprint density at radius 2 is 1.73 bits per heavy atom. The van der Waals surface area contributed by atoms with Gasteiger partial charge in [0.2, 0.25) is 5.91 Å². The van der Waals surface area contributed by atoms with Crippen molar-refractivity contribution in [2.24, 2.45) is 11.8 Å². The first-order valence-corrected chi connectivity index (χ1v) is 11.9. The highest BCUT2D eigenvalue weighted by Gasteiger charge is 2.37. The van der Waals surface area contributed by atoms with Crippen LogP contribution in [0.15, 0.2) is 42.5 Å². The molecule has 0 aromatic heterocycles. The van der Waals surface area contributed by atoms with Crippen LogP contribution in [-0.4, -0.2) is 46.5 Å². The molecule has 0 saturated carbocycles. The average molecular weight is 524 g/mol. The maximum atomic E-state index is 14.3. The van der Waals surface area contributed by atoms with Crippen molar-refractivity contribution in [1.82, 2.24) is 10.2 Å². The summed E-state index contributed by atoms with van der Waals surface area (Å²) in [4.78, 5) is 39.1. The number of carboxylic acids is 1. The smallest absolute Gasteiger partial charge is 0.416 e. The van der Waals surface area contributed by atoms with E-state index in [-0.39, 0.29) is 11.5 Å². The predicted octanol–water partition coefficient (Wildman–Crippen LogP) is 4.99. The van der Waals surface area contributed by atoms with Crippen LogP contribution in [-0.2, 0) is 11.0 Å². The summed E-state index contributed by atoms with van der Waals surface area (Å²) in [7, 11) is 0. The van der Waals surface area contributed by atoms with E-state index in [9.17, 15) is 31.9 Å². The zero-order valence-corrected chi connectivity index (χ0v) is 20.6. The third-order valence-electron chi connectivity index (χ3n) is 6.37. The van der Waals surface area contributed by atoms with Crippen molar-refractivity contribution < 1.29 is 37.1 Å². The fraction of sp³-hybridized carbons (Fsp3) is 0.423. The summed E-state index contributed by atoms with van der Waals surface area (Å²) >= 11 is 0. The molecule has 2 aromatic rings. The first kappa shape index (κ1) is 27.9. The number of nitrogens with one attached hydrogen (secondary N) is 2. The van der Waals surface area contributed by atoms with Gasteiger partial charge in [-0.15, -0.1) is 0 Å². The van der Waals surface area contributed by atoms with E-state index in [2.05, 4.69) is 10.6 Å². The number of amides is 2. The van der Waals surface area contributed by atoms with Crippen LogP contribution in [0.1, 0.15) is 59.9 Å². The number of likely N-dealkylation sites (tertiary alicyclic amines) is 1. The van der Waals surface area contributed by atoms with Gasteiger partial charge in [-0.25, -0.2) is 9.18 Å². The summed E-state index contributed by atoms with van der Waals surface area (Å²) in [5.41, 5.74) is -1.26. The Hall–Kier alpha value is -3.63. The van der Waals surface area contributed by atoms with Gasteiger partial charge in [-0.1, -0.05) is 20.8 Å². The topological polar surface area (TPSA) is 98.7 Å². The van der Waals surface area contributed by atoms with Crippen molar-refractivity contribution >= 4 is 23.5 Å². The van der Waals surface area contributed by atoms with Gasteiger partial charge in [-0.3, -0.25) is 9.59 Å². The molecule has 3 rings (SSSR count). The maximum absolute atomic E-state index is 14.3. The minimum Gasteiger partial charge on any atom is -0.478 e. The van der Waals surface area contributed by atoms with Gasteiger partial charge in [0.25, 0.3) is 5.91 Å². The van der Waals surface area contributed by atoms with Gasteiger partial charge in [0.15, 0.2) is 0 Å². The van der Waals surface area contributed by atoms with E-state index < -0.39 is 59.0 Å². The molecule has 1 aliphatic rings. The zero-order valence-electron chi connectivity index (χ0n) is 20.6. The van der Waals surface area contributed by atoms with Gasteiger partial charge in [-0.2, -0.15) is 13.2 Å². The van der Waals surface area contributed by atoms with Gasteiger partial charge in [-0.05, 0) is 67.1 Å². The Kier molecular flexibility index (Phi) is 8.45. The van der Waals surface area contributed by atoms with Gasteiger partial charge in [0, 0.05) is 12.2 Å². The van der Waals surface area contributed by atoms with Gasteiger partial charge in [0.1, 0.15) is 18.0 Å². The van der Waals surface area contributed by atoms with Crippen LogP contribution >= 0.6 is 0 Å². The second kappa shape index (κ2) is 11.2. The second-order valence-corrected chi connectivity index (χ2v) is 9.59. The number of anilines is 1. The fourth-order valence-electron chi connectivity index (χ4n) is 4.23. The van der Waals surface area contributed by atoms with Crippen LogP contribution in [0.25, 0.3) is 0 Å². The number of carboxylic acid groups (broad SMARTS) is 1. The average Bonchev–Trinajstić information content (AvgIpc) is 2.81. The number of carbonyl (C=O) groups is 3. The number of hydrogen-bond acceptors (Lipinski definition) is 4. The van der Waals surface area contributed by atoms with Crippen molar-refractivity contribution in [2.75, 3.05) is 11.9 Å². The molecule has 11 heteroatoms. The molecule has 0 aliphatic carbocycles. The van der Waals surface area contributed by atoms with Crippen molar-refractivity contribution in [1.29, 1.82) is 0 Å². The lowest BCUT2D eigenvalue weighted by Crippen LogP contribution is -2.57. The number of alkyl halides is 3. The molecule has 7 nitrogen and oxygen atoms in total. The highest BCUT2D eigenvalue weighted by atomic mass is 19.4. The number of nitrogens with zero attached hydrogens (tertiary/aromatic N) is 1. The van der Waals surface area contributed by atoms with E-state index in [0.717, 1.165) is 0 Å². The molecule has 1 saturated heterocycles. The number of benzene rings is 2. The lowest BCUT2D eigenvalue weighted by molar-refractivity contribution is -0.138. The Balaban J connectivity index is 1.82. The fourth-order valence-corrected chi connectivity index (χ4v) is 4.23. The van der Waals surface area contributed by atoms with Gasteiger partial charge >= 0.3 is 12.1 Å². The predicted molar refractivity (Wildman–Crippen MR) is 128 cm³/mol. The van der Waals surface area contributed by atoms with Crippen LogP contribution < -0.4 is 10.6 Å². The highest BCUT2D eigenvalue weighted by Crippen LogP contribution is 2.31. The first-order valence-electron chi connectivity index (χ1n) is 11.9. The van der Waals surface area contributed by atoms with Crippen LogP contribution in [0.2, 0.25) is 0 Å². The van der Waals surface area contributed by atoms with Crippen LogP contribution in [0.4, 0.5) is 23.2 Å². The van der Waals surface area contributed by atoms with Crippen molar-refractivity contribution in [3.05, 3.63) is 65.0 Å². The third kappa shape index (κ3) is 6.78. The Labute approximate surface area is 211 Å². The van der Waals surface area contributed by atoms with Crippen LogP contribution in [0.3, 0.4) is 0 Å². The molecule has 1 aliphatic heterocycles. The molecule has 0 radical (unpaired) electrons. The zero-order chi connectivity index (χ0) is 27.5. The SMILES string of the molecule is CC1CCN(C(=O)C(NC(=O)c2cc(C(F)(F)F)ccc2F)C(C)C)[C@@H](Nc2ccc(C(=O)O)cc2)C1. The first-order chi connectivity index (χ1) is 17.3. The molecule has 200 valence electrons. The lowest BCUT2D eigenvalue weighted by atomic mass is 9.93. The van der Waals surface area contributed by atoms with Crippen molar-refractivity contribution in [3.63, 3.8) is 0 Å². The molecule has 2 unspecified atom stereocenters. The lowest BCUT2D eigenvalue weighted by Gasteiger charge is -2.41. The molecule has 3 N–H and O–H groups in total. The maximum Gasteiger partial charge on any atom is 0.416 e. The molecule has 3 atom stereocenters. The number of piperidine rings is 1. The van der Waals surface area contributed by atoms with E-state index in [0.29, 0.717) is 43.3 Å². The molecule has 1 heterocycles. The highest BCUT2D eigenvalue weighted by molar-refractivity contribution is 5.98. The quantitative estimate of drug-likeness (QED) is 0.444. The molecule has 37 heavy (non-hydrogen) atoms. The minimum absolute atomic E-state index is 0.111. The third-order valence-corrected chi connectivity index (χ3v) is 6.37. The number of halogens is 4. The number of rotatable bonds is 7. The molecule has 0 bridgehead atoms. The summed E-state index contributed by atoms with van der Waals surface area (Å²) in [6.45, 7) is 5.74. The monoisotopic (exact) mass is 523 g/mol. The van der Waals surface area contributed by atoms with Gasteiger partial charge in [0.05, 0.1) is 16.7 Å². The number of aromatic carboxylic acids is 1. The van der Waals surface area contributed by atoms with Crippen LogP contribution in [0.5, 0.6) is 0 Å². The normalized spacial score (nSPS) is 18.9. The molecular formula is C26H29F4N3O4. The summed E-state index contributed by atoms with van der Waals surface area (Å²) in [5, 5.41) is 14.8. The molecular weight excluding hydrogens is 494 g/mol. The Morgan fingerprint density at radius 1 is 1.08 bits per heavy atom. The Bertz CT molecular complexity index is 1150. The van der Waals surface area contributed by atoms with E-state index in [1.807, 2.05) is 6.92 Å². The number of hydrogen-bond donors (Lipinski definition) is 3. The molecule has 2 aromatic carbocycles. The minimum atomic E-state index is -4.76. The summed E-state index contributed by atoms with van der Waals surface area (Å²) in [6.07, 6.45) is -3.96. The summed E-state index contributed by atoms with van der Waals surface area (Å²) < 4.78 is 53.5. The summed E-state index contributed by atoms with van der Waals surface area (Å²) in [6, 6.07) is 6.48.